The van der Waals surface area contributed by atoms with E-state index in [1.165, 1.54) is 16.9 Å². The second kappa shape index (κ2) is 3.66. The molecule has 18 heavy (non-hydrogen) atoms. The molecule has 3 aliphatic heterocycles. The molecule has 0 saturated carbocycles. The molecule has 0 bridgehead atoms. The van der Waals surface area contributed by atoms with E-state index in [9.17, 15) is 9.59 Å². The number of ether oxygens (including phenoxy) is 1. The Labute approximate surface area is 104 Å². The van der Waals surface area contributed by atoms with Gasteiger partial charge in [-0.3, -0.25) is 14.5 Å². The Balaban J connectivity index is 2.10. The SMILES string of the molecule is COC12CCCN1C(=O)C1(OO)CCCN1C2=O. The first kappa shape index (κ1) is 11.9. The maximum absolute atomic E-state index is 12.6. The standard InChI is InChI=1S/C11H16N2O5/c1-17-10-4-2-6-12(10)9(15)11(18-16)5-3-7-13(11)8(10)14/h16H,2-7H2,1H3. The minimum atomic E-state index is -1.52. The second-order valence-electron chi connectivity index (χ2n) is 4.98. The van der Waals surface area contributed by atoms with Crippen LogP contribution in [0.15, 0.2) is 0 Å². The van der Waals surface area contributed by atoms with Crippen LogP contribution in [0.1, 0.15) is 25.7 Å². The normalized spacial score (nSPS) is 39.2. The van der Waals surface area contributed by atoms with Crippen LogP contribution in [0.25, 0.3) is 0 Å². The van der Waals surface area contributed by atoms with Gasteiger partial charge in [0.25, 0.3) is 17.5 Å². The van der Waals surface area contributed by atoms with Crippen molar-refractivity contribution >= 4 is 11.8 Å². The van der Waals surface area contributed by atoms with Crippen LogP contribution in [0.2, 0.25) is 0 Å². The lowest BCUT2D eigenvalue weighted by Gasteiger charge is -2.49. The highest BCUT2D eigenvalue weighted by atomic mass is 17.1. The van der Waals surface area contributed by atoms with Gasteiger partial charge in [-0.05, 0) is 12.8 Å². The molecule has 100 valence electrons. The fourth-order valence-corrected chi connectivity index (χ4v) is 3.42. The van der Waals surface area contributed by atoms with E-state index in [1.807, 2.05) is 0 Å². The molecular formula is C11H16N2O5. The second-order valence-corrected chi connectivity index (χ2v) is 4.98. The molecule has 0 aromatic rings. The first-order chi connectivity index (χ1) is 8.62. The van der Waals surface area contributed by atoms with Crippen molar-refractivity contribution in [2.45, 2.75) is 37.1 Å². The average molecular weight is 256 g/mol. The van der Waals surface area contributed by atoms with Crippen molar-refractivity contribution in [1.29, 1.82) is 0 Å². The van der Waals surface area contributed by atoms with Gasteiger partial charge in [0.2, 0.25) is 5.72 Å². The van der Waals surface area contributed by atoms with Crippen molar-refractivity contribution < 1.29 is 24.5 Å². The highest BCUT2D eigenvalue weighted by Gasteiger charge is 2.67. The van der Waals surface area contributed by atoms with E-state index in [4.69, 9.17) is 9.99 Å². The fraction of sp³-hybridized carbons (Fsp3) is 0.818. The van der Waals surface area contributed by atoms with Crippen LogP contribution >= 0.6 is 0 Å². The van der Waals surface area contributed by atoms with Gasteiger partial charge in [0.1, 0.15) is 0 Å². The van der Waals surface area contributed by atoms with E-state index >= 15 is 0 Å². The first-order valence-corrected chi connectivity index (χ1v) is 6.14. The third-order valence-electron chi connectivity index (χ3n) is 4.31. The van der Waals surface area contributed by atoms with Crippen LogP contribution in [-0.4, -0.2) is 58.5 Å². The van der Waals surface area contributed by atoms with Crippen LogP contribution in [0.3, 0.4) is 0 Å². The number of amides is 2. The number of methoxy groups -OCH3 is 1. The molecule has 2 amide bonds. The van der Waals surface area contributed by atoms with E-state index in [0.717, 1.165) is 0 Å². The van der Waals surface area contributed by atoms with Gasteiger partial charge in [-0.15, -0.1) is 0 Å². The molecular weight excluding hydrogens is 240 g/mol. The topological polar surface area (TPSA) is 79.3 Å². The van der Waals surface area contributed by atoms with Crippen molar-refractivity contribution in [3.05, 3.63) is 0 Å². The third kappa shape index (κ3) is 1.10. The molecule has 0 aromatic heterocycles. The summed E-state index contributed by atoms with van der Waals surface area (Å²) in [6, 6.07) is 0. The Bertz CT molecular complexity index is 376. The minimum absolute atomic E-state index is 0.284. The molecule has 2 unspecified atom stereocenters. The highest BCUT2D eigenvalue weighted by Crippen LogP contribution is 2.45. The number of carbonyl (C=O) groups excluding carboxylic acids is 2. The zero-order valence-electron chi connectivity index (χ0n) is 10.2. The summed E-state index contributed by atoms with van der Waals surface area (Å²) >= 11 is 0. The molecule has 0 aromatic carbocycles. The average Bonchev–Trinajstić information content (AvgIpc) is 3.01. The summed E-state index contributed by atoms with van der Waals surface area (Å²) in [6.45, 7) is 0.863. The molecule has 7 nitrogen and oxygen atoms in total. The molecule has 1 N–H and O–H groups in total. The van der Waals surface area contributed by atoms with Gasteiger partial charge in [0.15, 0.2) is 0 Å². The first-order valence-electron chi connectivity index (χ1n) is 6.14. The van der Waals surface area contributed by atoms with Gasteiger partial charge >= 0.3 is 0 Å². The summed E-state index contributed by atoms with van der Waals surface area (Å²) in [4.78, 5) is 32.3. The Kier molecular flexibility index (Phi) is 2.42. The molecule has 0 spiro atoms. The lowest BCUT2D eigenvalue weighted by molar-refractivity contribution is -0.351. The number of hydrogen-bond acceptors (Lipinski definition) is 5. The number of rotatable bonds is 2. The number of fused-ring (bicyclic) bond motifs is 2. The smallest absolute Gasteiger partial charge is 0.281 e. The largest absolute Gasteiger partial charge is 0.350 e. The quantitative estimate of drug-likeness (QED) is 0.545. The van der Waals surface area contributed by atoms with Crippen LogP contribution in [0.5, 0.6) is 0 Å². The predicted molar refractivity (Wildman–Crippen MR) is 58.1 cm³/mol. The number of carbonyl (C=O) groups is 2. The molecule has 3 aliphatic rings. The predicted octanol–water partition coefficient (Wildman–Crippen LogP) is -0.227. The summed E-state index contributed by atoms with van der Waals surface area (Å²) in [5.74, 6) is -0.657. The van der Waals surface area contributed by atoms with Gasteiger partial charge in [-0.1, -0.05) is 0 Å². The van der Waals surface area contributed by atoms with Gasteiger partial charge in [0.05, 0.1) is 0 Å². The Hall–Kier alpha value is -1.18. The number of piperazine rings is 1. The van der Waals surface area contributed by atoms with Gasteiger partial charge in [0, 0.05) is 33.0 Å². The molecule has 7 heteroatoms. The molecule has 3 rings (SSSR count). The maximum atomic E-state index is 12.6. The van der Waals surface area contributed by atoms with Crippen molar-refractivity contribution in [3.63, 3.8) is 0 Å². The van der Waals surface area contributed by atoms with Crippen molar-refractivity contribution in [1.82, 2.24) is 9.80 Å². The molecule has 0 aliphatic carbocycles. The molecule has 3 saturated heterocycles. The Morgan fingerprint density at radius 2 is 1.56 bits per heavy atom. The minimum Gasteiger partial charge on any atom is -0.350 e. The van der Waals surface area contributed by atoms with E-state index in [0.29, 0.717) is 38.8 Å². The summed E-state index contributed by atoms with van der Waals surface area (Å²) in [6.07, 6.45) is 2.16. The van der Waals surface area contributed by atoms with Gasteiger partial charge < -0.3 is 9.64 Å². The summed E-state index contributed by atoms with van der Waals surface area (Å²) < 4.78 is 5.36. The van der Waals surface area contributed by atoms with E-state index in [2.05, 4.69) is 4.89 Å². The van der Waals surface area contributed by atoms with E-state index < -0.39 is 11.4 Å². The monoisotopic (exact) mass is 256 g/mol. The van der Waals surface area contributed by atoms with Crippen molar-refractivity contribution in [3.8, 4) is 0 Å². The third-order valence-corrected chi connectivity index (χ3v) is 4.31. The van der Waals surface area contributed by atoms with Gasteiger partial charge in [-0.25, -0.2) is 10.1 Å². The maximum Gasteiger partial charge on any atom is 0.281 e. The van der Waals surface area contributed by atoms with Crippen LogP contribution in [0, 0.1) is 0 Å². The molecule has 0 radical (unpaired) electrons. The zero-order valence-corrected chi connectivity index (χ0v) is 10.2. The van der Waals surface area contributed by atoms with Crippen LogP contribution in [0.4, 0.5) is 0 Å². The van der Waals surface area contributed by atoms with Crippen LogP contribution < -0.4 is 0 Å². The highest BCUT2D eigenvalue weighted by molar-refractivity contribution is 6.01. The van der Waals surface area contributed by atoms with E-state index in [-0.39, 0.29) is 11.8 Å². The lowest BCUT2D eigenvalue weighted by atomic mass is 9.99. The zero-order chi connectivity index (χ0) is 13.0. The molecule has 3 heterocycles. The van der Waals surface area contributed by atoms with Crippen LogP contribution in [-0.2, 0) is 19.2 Å². The Morgan fingerprint density at radius 3 is 2.11 bits per heavy atom. The van der Waals surface area contributed by atoms with Gasteiger partial charge in [-0.2, -0.15) is 0 Å². The van der Waals surface area contributed by atoms with E-state index in [1.54, 1.807) is 0 Å². The number of hydrogen-bond donors (Lipinski definition) is 1. The lowest BCUT2D eigenvalue weighted by Crippen LogP contribution is -2.74. The van der Waals surface area contributed by atoms with Crippen molar-refractivity contribution in [2.75, 3.05) is 20.2 Å². The molecule has 3 fully saturated rings. The molecule has 2 atom stereocenters. The summed E-state index contributed by atoms with van der Waals surface area (Å²) in [7, 11) is 1.44. The van der Waals surface area contributed by atoms with Crippen molar-refractivity contribution in [2.24, 2.45) is 0 Å². The number of nitrogens with zero attached hydrogens (tertiary/aromatic N) is 2. The summed E-state index contributed by atoms with van der Waals surface area (Å²) in [5.41, 5.74) is -2.72. The fourth-order valence-electron chi connectivity index (χ4n) is 3.42. The summed E-state index contributed by atoms with van der Waals surface area (Å²) in [5, 5.41) is 9.13. The Morgan fingerprint density at radius 1 is 1.06 bits per heavy atom.